The van der Waals surface area contributed by atoms with E-state index in [1.165, 1.54) is 6.42 Å². The van der Waals surface area contributed by atoms with Gasteiger partial charge in [-0.3, -0.25) is 0 Å². The van der Waals surface area contributed by atoms with Crippen molar-refractivity contribution in [2.75, 3.05) is 0 Å². The van der Waals surface area contributed by atoms with E-state index in [1.807, 2.05) is 0 Å². The van der Waals surface area contributed by atoms with Crippen molar-refractivity contribution in [3.63, 3.8) is 0 Å². The van der Waals surface area contributed by atoms with Gasteiger partial charge in [0.25, 0.3) is 0 Å². The van der Waals surface area contributed by atoms with Gasteiger partial charge < -0.3 is 5.73 Å². The Labute approximate surface area is 57.6 Å². The van der Waals surface area contributed by atoms with Gasteiger partial charge in [-0.2, -0.15) is 0 Å². The molecule has 1 rings (SSSR count). The Morgan fingerprint density at radius 1 is 1.11 bits per heavy atom. The zero-order valence-corrected chi connectivity index (χ0v) is 6.59. The Morgan fingerprint density at radius 3 is 1.78 bits per heavy atom. The van der Waals surface area contributed by atoms with Crippen LogP contribution in [0.3, 0.4) is 0 Å². The third kappa shape index (κ3) is 1.11. The van der Waals surface area contributed by atoms with Crippen LogP contribution in [0, 0.1) is 17.8 Å². The lowest BCUT2D eigenvalue weighted by molar-refractivity contribution is 0.412. The number of hydrogen-bond donors (Lipinski definition) is 1. The zero-order chi connectivity index (χ0) is 7.02. The van der Waals surface area contributed by atoms with Crippen LogP contribution in [0.1, 0.15) is 27.2 Å². The highest BCUT2D eigenvalue weighted by Gasteiger charge is 2.32. The molecule has 0 aromatic heterocycles. The van der Waals surface area contributed by atoms with Crippen molar-refractivity contribution >= 4 is 0 Å². The zero-order valence-electron chi connectivity index (χ0n) is 6.59. The molecular weight excluding hydrogens is 110 g/mol. The lowest BCUT2D eigenvalue weighted by Crippen LogP contribution is -2.29. The highest BCUT2D eigenvalue weighted by Crippen LogP contribution is 2.34. The molecule has 0 saturated heterocycles. The minimum Gasteiger partial charge on any atom is -0.327 e. The van der Waals surface area contributed by atoms with Gasteiger partial charge in [-0.15, -0.1) is 0 Å². The summed E-state index contributed by atoms with van der Waals surface area (Å²) in [5.41, 5.74) is 5.91. The molecule has 0 aliphatic heterocycles. The molecule has 0 aromatic carbocycles. The summed E-state index contributed by atoms with van der Waals surface area (Å²) >= 11 is 0. The van der Waals surface area contributed by atoms with E-state index in [4.69, 9.17) is 5.73 Å². The maximum absolute atomic E-state index is 5.91. The molecule has 1 nitrogen and oxygen atoms in total. The van der Waals surface area contributed by atoms with E-state index in [0.717, 1.165) is 17.8 Å². The van der Waals surface area contributed by atoms with E-state index >= 15 is 0 Å². The first-order chi connectivity index (χ1) is 4.13. The van der Waals surface area contributed by atoms with Gasteiger partial charge in [0.2, 0.25) is 0 Å². The van der Waals surface area contributed by atoms with Gasteiger partial charge >= 0.3 is 0 Å². The first kappa shape index (κ1) is 7.07. The Kier molecular flexibility index (Phi) is 1.80. The maximum Gasteiger partial charge on any atom is 0.00930 e. The first-order valence-electron chi connectivity index (χ1n) is 3.88. The summed E-state index contributed by atoms with van der Waals surface area (Å²) in [6, 6.07) is 0.458. The summed E-state index contributed by atoms with van der Waals surface area (Å²) in [5, 5.41) is 0. The molecule has 0 aromatic rings. The van der Waals surface area contributed by atoms with E-state index in [9.17, 15) is 0 Å². The van der Waals surface area contributed by atoms with E-state index in [1.54, 1.807) is 0 Å². The van der Waals surface area contributed by atoms with E-state index in [0.29, 0.717) is 6.04 Å². The fourth-order valence-electron chi connectivity index (χ4n) is 1.86. The molecular formula is C8H17N. The minimum absolute atomic E-state index is 0.458. The van der Waals surface area contributed by atoms with Gasteiger partial charge in [-0.25, -0.2) is 0 Å². The maximum atomic E-state index is 5.91. The van der Waals surface area contributed by atoms with Gasteiger partial charge in [0.1, 0.15) is 0 Å². The highest BCUT2D eigenvalue weighted by atomic mass is 14.7. The highest BCUT2D eigenvalue weighted by molar-refractivity contribution is 4.86. The largest absolute Gasteiger partial charge is 0.327 e. The van der Waals surface area contributed by atoms with Crippen LogP contribution < -0.4 is 5.73 Å². The molecule has 0 radical (unpaired) electrons. The first-order valence-corrected chi connectivity index (χ1v) is 3.88. The molecule has 1 saturated carbocycles. The van der Waals surface area contributed by atoms with Crippen LogP contribution in [-0.4, -0.2) is 6.04 Å². The molecule has 1 aliphatic carbocycles. The summed E-state index contributed by atoms with van der Waals surface area (Å²) in [5.74, 6) is 2.32. The topological polar surface area (TPSA) is 26.0 Å². The summed E-state index contributed by atoms with van der Waals surface area (Å²) in [6.07, 6.45) is 1.32. The molecule has 54 valence electrons. The second-order valence-corrected chi connectivity index (χ2v) is 3.63. The average molecular weight is 127 g/mol. The molecule has 2 N–H and O–H groups in total. The van der Waals surface area contributed by atoms with Gasteiger partial charge in [-0.05, 0) is 24.2 Å². The number of rotatable bonds is 0. The second-order valence-electron chi connectivity index (χ2n) is 3.63. The molecule has 1 fully saturated rings. The van der Waals surface area contributed by atoms with Crippen molar-refractivity contribution in [3.8, 4) is 0 Å². The van der Waals surface area contributed by atoms with Crippen LogP contribution in [0.5, 0.6) is 0 Å². The molecule has 4 atom stereocenters. The molecule has 0 bridgehead atoms. The Morgan fingerprint density at radius 2 is 1.67 bits per heavy atom. The van der Waals surface area contributed by atoms with Crippen molar-refractivity contribution in [1.29, 1.82) is 0 Å². The molecule has 0 amide bonds. The standard InChI is InChI=1S/C8H17N/c1-5-4-6(2)8(9)7(5)3/h5-8H,4,9H2,1-3H3/t5-,6?,7+,8+/m0/s1. The summed E-state index contributed by atoms with van der Waals surface area (Å²) in [7, 11) is 0. The van der Waals surface area contributed by atoms with Crippen molar-refractivity contribution in [3.05, 3.63) is 0 Å². The van der Waals surface area contributed by atoms with Crippen LogP contribution in [-0.2, 0) is 0 Å². The summed E-state index contributed by atoms with van der Waals surface area (Å²) < 4.78 is 0. The van der Waals surface area contributed by atoms with Gasteiger partial charge in [0, 0.05) is 6.04 Å². The molecule has 1 aliphatic rings. The molecule has 0 spiro atoms. The van der Waals surface area contributed by atoms with E-state index in [2.05, 4.69) is 20.8 Å². The minimum atomic E-state index is 0.458. The molecule has 0 heterocycles. The molecule has 9 heavy (non-hydrogen) atoms. The predicted octanol–water partition coefficient (Wildman–Crippen LogP) is 1.63. The van der Waals surface area contributed by atoms with E-state index in [-0.39, 0.29) is 0 Å². The van der Waals surface area contributed by atoms with Crippen molar-refractivity contribution in [2.24, 2.45) is 23.5 Å². The molecule has 1 unspecified atom stereocenters. The van der Waals surface area contributed by atoms with Crippen LogP contribution in [0.4, 0.5) is 0 Å². The number of nitrogens with two attached hydrogens (primary N) is 1. The number of hydrogen-bond acceptors (Lipinski definition) is 1. The lowest BCUT2D eigenvalue weighted by atomic mass is 9.98. The third-order valence-electron chi connectivity index (χ3n) is 2.91. The summed E-state index contributed by atoms with van der Waals surface area (Å²) in [6.45, 7) is 6.82. The smallest absolute Gasteiger partial charge is 0.00930 e. The van der Waals surface area contributed by atoms with Crippen LogP contribution in [0.2, 0.25) is 0 Å². The Bertz CT molecular complexity index is 88.7. The summed E-state index contributed by atoms with van der Waals surface area (Å²) in [4.78, 5) is 0. The normalized spacial score (nSPS) is 52.0. The Hall–Kier alpha value is -0.0400. The average Bonchev–Trinajstić information content (AvgIpc) is 1.98. The van der Waals surface area contributed by atoms with Gasteiger partial charge in [-0.1, -0.05) is 20.8 Å². The third-order valence-corrected chi connectivity index (χ3v) is 2.91. The fourth-order valence-corrected chi connectivity index (χ4v) is 1.86. The monoisotopic (exact) mass is 127 g/mol. The van der Waals surface area contributed by atoms with Crippen LogP contribution in [0.15, 0.2) is 0 Å². The van der Waals surface area contributed by atoms with Crippen LogP contribution in [0.25, 0.3) is 0 Å². The Balaban J connectivity index is 2.54. The van der Waals surface area contributed by atoms with Crippen molar-refractivity contribution in [1.82, 2.24) is 0 Å². The van der Waals surface area contributed by atoms with Crippen LogP contribution >= 0.6 is 0 Å². The predicted molar refractivity (Wildman–Crippen MR) is 40.1 cm³/mol. The second kappa shape index (κ2) is 2.30. The van der Waals surface area contributed by atoms with Gasteiger partial charge in [0.05, 0.1) is 0 Å². The fraction of sp³-hybridized carbons (Fsp3) is 1.00. The van der Waals surface area contributed by atoms with Gasteiger partial charge in [0.15, 0.2) is 0 Å². The quantitative estimate of drug-likeness (QED) is 0.526. The van der Waals surface area contributed by atoms with Crippen molar-refractivity contribution < 1.29 is 0 Å². The van der Waals surface area contributed by atoms with E-state index < -0.39 is 0 Å². The SMILES string of the molecule is CC1C[C@H](C)[C@@H](C)[C@@H]1N. The lowest BCUT2D eigenvalue weighted by Gasteiger charge is -2.14. The van der Waals surface area contributed by atoms with Crippen molar-refractivity contribution in [2.45, 2.75) is 33.2 Å². The molecule has 1 heteroatoms.